The molecule has 2 rings (SSSR count). The highest BCUT2D eigenvalue weighted by molar-refractivity contribution is 5.80. The SMILES string of the molecule is CC(C)NC1CCN(C(=O)CCN2CCCC2=O)CC1. The fourth-order valence-corrected chi connectivity index (χ4v) is 3.10. The van der Waals surface area contributed by atoms with Crippen LogP contribution < -0.4 is 5.32 Å². The Morgan fingerprint density at radius 2 is 2.00 bits per heavy atom. The maximum absolute atomic E-state index is 12.2. The van der Waals surface area contributed by atoms with E-state index in [1.165, 1.54) is 0 Å². The zero-order chi connectivity index (χ0) is 14.5. The highest BCUT2D eigenvalue weighted by Crippen LogP contribution is 2.14. The summed E-state index contributed by atoms with van der Waals surface area (Å²) in [6, 6.07) is 1.04. The molecule has 0 saturated carbocycles. The van der Waals surface area contributed by atoms with E-state index < -0.39 is 0 Å². The van der Waals surface area contributed by atoms with Crippen LogP contribution in [0.25, 0.3) is 0 Å². The molecule has 0 spiro atoms. The van der Waals surface area contributed by atoms with Crippen molar-refractivity contribution in [2.24, 2.45) is 0 Å². The molecule has 0 aromatic carbocycles. The monoisotopic (exact) mass is 281 g/mol. The Hall–Kier alpha value is -1.10. The van der Waals surface area contributed by atoms with Crippen molar-refractivity contribution in [3.63, 3.8) is 0 Å². The third kappa shape index (κ3) is 4.20. The topological polar surface area (TPSA) is 52.7 Å². The lowest BCUT2D eigenvalue weighted by atomic mass is 10.0. The van der Waals surface area contributed by atoms with E-state index in [1.54, 1.807) is 0 Å². The first-order valence-electron chi connectivity index (χ1n) is 7.88. The molecule has 114 valence electrons. The first kappa shape index (κ1) is 15.3. The van der Waals surface area contributed by atoms with Gasteiger partial charge in [0, 0.05) is 51.1 Å². The van der Waals surface area contributed by atoms with Crippen molar-refractivity contribution in [3.8, 4) is 0 Å². The molecule has 2 fully saturated rings. The highest BCUT2D eigenvalue weighted by Gasteiger charge is 2.25. The van der Waals surface area contributed by atoms with Crippen LogP contribution in [-0.4, -0.2) is 59.9 Å². The smallest absolute Gasteiger partial charge is 0.224 e. The van der Waals surface area contributed by atoms with Gasteiger partial charge in [0.25, 0.3) is 0 Å². The summed E-state index contributed by atoms with van der Waals surface area (Å²) in [6.07, 6.45) is 4.15. The normalized spacial score (nSPS) is 21.1. The van der Waals surface area contributed by atoms with Crippen molar-refractivity contribution in [1.82, 2.24) is 15.1 Å². The van der Waals surface area contributed by atoms with Gasteiger partial charge in [-0.1, -0.05) is 13.8 Å². The first-order valence-corrected chi connectivity index (χ1v) is 7.88. The molecule has 5 heteroatoms. The minimum Gasteiger partial charge on any atom is -0.343 e. The van der Waals surface area contributed by atoms with E-state index in [0.717, 1.165) is 38.9 Å². The number of amides is 2. The maximum atomic E-state index is 12.2. The Morgan fingerprint density at radius 3 is 2.55 bits per heavy atom. The fraction of sp³-hybridized carbons (Fsp3) is 0.867. The third-order valence-corrected chi connectivity index (χ3v) is 4.18. The Balaban J connectivity index is 1.68. The van der Waals surface area contributed by atoms with Gasteiger partial charge in [-0.2, -0.15) is 0 Å². The summed E-state index contributed by atoms with van der Waals surface area (Å²) in [5.74, 6) is 0.408. The van der Waals surface area contributed by atoms with Gasteiger partial charge in [-0.05, 0) is 19.3 Å². The van der Waals surface area contributed by atoms with Crippen LogP contribution in [0.2, 0.25) is 0 Å². The molecule has 0 aromatic rings. The number of likely N-dealkylation sites (tertiary alicyclic amines) is 2. The second-order valence-electron chi connectivity index (χ2n) is 6.21. The van der Waals surface area contributed by atoms with Gasteiger partial charge in [0.05, 0.1) is 0 Å². The van der Waals surface area contributed by atoms with Gasteiger partial charge in [0.1, 0.15) is 0 Å². The summed E-state index contributed by atoms with van der Waals surface area (Å²) in [7, 11) is 0. The molecule has 1 N–H and O–H groups in total. The standard InChI is InChI=1S/C15H27N3O2/c1-12(2)16-13-5-9-18(10-6-13)15(20)7-11-17-8-3-4-14(17)19/h12-13,16H,3-11H2,1-2H3. The summed E-state index contributed by atoms with van der Waals surface area (Å²) in [4.78, 5) is 27.4. The molecule has 2 saturated heterocycles. The molecule has 5 nitrogen and oxygen atoms in total. The molecule has 0 radical (unpaired) electrons. The molecule has 2 amide bonds. The minimum absolute atomic E-state index is 0.202. The van der Waals surface area contributed by atoms with Crippen molar-refractivity contribution in [1.29, 1.82) is 0 Å². The molecule has 0 aliphatic carbocycles. The Labute approximate surface area is 121 Å². The molecule has 2 aliphatic rings. The summed E-state index contributed by atoms with van der Waals surface area (Å²) < 4.78 is 0. The quantitative estimate of drug-likeness (QED) is 0.817. The number of carbonyl (C=O) groups is 2. The molecule has 20 heavy (non-hydrogen) atoms. The van der Waals surface area contributed by atoms with Crippen LogP contribution in [0.5, 0.6) is 0 Å². The van der Waals surface area contributed by atoms with Crippen LogP contribution in [0.4, 0.5) is 0 Å². The van der Waals surface area contributed by atoms with E-state index in [1.807, 2.05) is 9.80 Å². The number of carbonyl (C=O) groups excluding carboxylic acids is 2. The second kappa shape index (κ2) is 7.07. The van der Waals surface area contributed by atoms with Gasteiger partial charge in [0.15, 0.2) is 0 Å². The van der Waals surface area contributed by atoms with Crippen LogP contribution in [0, 0.1) is 0 Å². The van der Waals surface area contributed by atoms with Crippen molar-refractivity contribution < 1.29 is 9.59 Å². The number of hydrogen-bond donors (Lipinski definition) is 1. The molecule has 2 heterocycles. The van der Waals surface area contributed by atoms with Gasteiger partial charge in [-0.3, -0.25) is 9.59 Å². The van der Waals surface area contributed by atoms with Gasteiger partial charge < -0.3 is 15.1 Å². The Kier molecular flexibility index (Phi) is 5.40. The van der Waals surface area contributed by atoms with Crippen LogP contribution in [0.3, 0.4) is 0 Å². The van der Waals surface area contributed by atoms with Gasteiger partial charge in [-0.15, -0.1) is 0 Å². The van der Waals surface area contributed by atoms with Gasteiger partial charge in [0.2, 0.25) is 11.8 Å². The summed E-state index contributed by atoms with van der Waals surface area (Å²) >= 11 is 0. The first-order chi connectivity index (χ1) is 9.56. The Morgan fingerprint density at radius 1 is 1.30 bits per heavy atom. The van der Waals surface area contributed by atoms with Crippen LogP contribution in [0.1, 0.15) is 46.0 Å². The van der Waals surface area contributed by atoms with E-state index in [-0.39, 0.29) is 11.8 Å². The van der Waals surface area contributed by atoms with Crippen LogP contribution in [0.15, 0.2) is 0 Å². The van der Waals surface area contributed by atoms with Crippen molar-refractivity contribution in [2.45, 2.75) is 58.0 Å². The number of nitrogens with one attached hydrogen (secondary N) is 1. The second-order valence-corrected chi connectivity index (χ2v) is 6.21. The van der Waals surface area contributed by atoms with E-state index in [0.29, 0.717) is 31.5 Å². The zero-order valence-electron chi connectivity index (χ0n) is 12.7. The summed E-state index contributed by atoms with van der Waals surface area (Å²) in [6.45, 7) is 7.43. The largest absolute Gasteiger partial charge is 0.343 e. The maximum Gasteiger partial charge on any atom is 0.224 e. The lowest BCUT2D eigenvalue weighted by molar-refractivity contribution is -0.133. The average Bonchev–Trinajstić information content (AvgIpc) is 2.82. The summed E-state index contributed by atoms with van der Waals surface area (Å²) in [5, 5.41) is 3.53. The van der Waals surface area contributed by atoms with E-state index >= 15 is 0 Å². The molecule has 0 unspecified atom stereocenters. The fourth-order valence-electron chi connectivity index (χ4n) is 3.10. The lowest BCUT2D eigenvalue weighted by Crippen LogP contribution is -2.47. The zero-order valence-corrected chi connectivity index (χ0v) is 12.7. The molecule has 0 bridgehead atoms. The van der Waals surface area contributed by atoms with Crippen LogP contribution in [-0.2, 0) is 9.59 Å². The lowest BCUT2D eigenvalue weighted by Gasteiger charge is -2.33. The molecular weight excluding hydrogens is 254 g/mol. The van der Waals surface area contributed by atoms with Crippen LogP contribution >= 0.6 is 0 Å². The average molecular weight is 281 g/mol. The highest BCUT2D eigenvalue weighted by atomic mass is 16.2. The number of piperidine rings is 1. The number of hydrogen-bond acceptors (Lipinski definition) is 3. The molecule has 0 atom stereocenters. The van der Waals surface area contributed by atoms with E-state index in [4.69, 9.17) is 0 Å². The minimum atomic E-state index is 0.202. The molecular formula is C15H27N3O2. The van der Waals surface area contributed by atoms with Gasteiger partial charge >= 0.3 is 0 Å². The predicted octanol–water partition coefficient (Wildman–Crippen LogP) is 0.988. The van der Waals surface area contributed by atoms with Gasteiger partial charge in [-0.25, -0.2) is 0 Å². The molecule has 2 aliphatic heterocycles. The van der Waals surface area contributed by atoms with E-state index in [2.05, 4.69) is 19.2 Å². The van der Waals surface area contributed by atoms with E-state index in [9.17, 15) is 9.59 Å². The molecule has 0 aromatic heterocycles. The van der Waals surface area contributed by atoms with Crippen molar-refractivity contribution >= 4 is 11.8 Å². The number of rotatable bonds is 5. The summed E-state index contributed by atoms with van der Waals surface area (Å²) in [5.41, 5.74) is 0. The predicted molar refractivity (Wildman–Crippen MR) is 78.3 cm³/mol. The third-order valence-electron chi connectivity index (χ3n) is 4.18. The van der Waals surface area contributed by atoms with Crippen molar-refractivity contribution in [3.05, 3.63) is 0 Å². The Bertz CT molecular complexity index is 349. The van der Waals surface area contributed by atoms with Crippen molar-refractivity contribution in [2.75, 3.05) is 26.2 Å². The number of nitrogens with zero attached hydrogens (tertiary/aromatic N) is 2.